The molecule has 0 aliphatic carbocycles. The Hall–Kier alpha value is -3.01. The van der Waals surface area contributed by atoms with E-state index in [1.165, 1.54) is 30.5 Å². The number of hydrogen-bond donors (Lipinski definition) is 0. The lowest BCUT2D eigenvalue weighted by Gasteiger charge is -2.21. The third-order valence-electron chi connectivity index (χ3n) is 6.14. The van der Waals surface area contributed by atoms with Crippen molar-refractivity contribution in [3.05, 3.63) is 65.2 Å². The average Bonchev–Trinajstić information content (AvgIpc) is 2.84. The van der Waals surface area contributed by atoms with Gasteiger partial charge in [0.2, 0.25) is 0 Å². The SMILES string of the molecule is CCN(CC)c1ccc2c(C=Cc3ccc(OC)cc3)cc(=[N+]3CCCCC3)oc2c1. The van der Waals surface area contributed by atoms with Crippen LogP contribution in [-0.4, -0.2) is 33.3 Å². The van der Waals surface area contributed by atoms with Gasteiger partial charge in [-0.05, 0) is 55.7 Å². The first kappa shape index (κ1) is 21.2. The van der Waals surface area contributed by atoms with Crippen LogP contribution in [0, 0.1) is 0 Å². The first-order valence-corrected chi connectivity index (χ1v) is 11.4. The summed E-state index contributed by atoms with van der Waals surface area (Å²) < 4.78 is 14.1. The van der Waals surface area contributed by atoms with Crippen molar-refractivity contribution in [2.45, 2.75) is 33.1 Å². The molecule has 162 valence electrons. The molecule has 0 radical (unpaired) electrons. The van der Waals surface area contributed by atoms with Crippen molar-refractivity contribution in [2.75, 3.05) is 38.2 Å². The molecule has 3 aromatic rings. The van der Waals surface area contributed by atoms with Crippen molar-refractivity contribution in [2.24, 2.45) is 0 Å². The number of methoxy groups -OCH3 is 1. The van der Waals surface area contributed by atoms with Crippen LogP contribution < -0.4 is 19.8 Å². The van der Waals surface area contributed by atoms with Gasteiger partial charge in [-0.15, -0.1) is 0 Å². The second-order valence-corrected chi connectivity index (χ2v) is 8.05. The fourth-order valence-corrected chi connectivity index (χ4v) is 4.28. The van der Waals surface area contributed by atoms with Crippen molar-refractivity contribution in [3.8, 4) is 5.75 Å². The van der Waals surface area contributed by atoms with Gasteiger partial charge in [-0.1, -0.05) is 24.3 Å². The molecule has 4 rings (SSSR count). The molecular weight excluding hydrogens is 384 g/mol. The van der Waals surface area contributed by atoms with Crippen LogP contribution in [0.2, 0.25) is 0 Å². The van der Waals surface area contributed by atoms with E-state index in [0.29, 0.717) is 0 Å². The van der Waals surface area contributed by atoms with Gasteiger partial charge in [0.25, 0.3) is 0 Å². The van der Waals surface area contributed by atoms with Crippen LogP contribution in [0.3, 0.4) is 0 Å². The molecule has 2 heterocycles. The first-order chi connectivity index (χ1) is 15.2. The molecule has 0 N–H and O–H groups in total. The van der Waals surface area contributed by atoms with E-state index in [1.807, 2.05) is 12.1 Å². The number of anilines is 1. The van der Waals surface area contributed by atoms with Gasteiger partial charge in [0.1, 0.15) is 24.4 Å². The summed E-state index contributed by atoms with van der Waals surface area (Å²) in [4.78, 5) is 2.36. The van der Waals surface area contributed by atoms with E-state index in [2.05, 4.69) is 71.9 Å². The fraction of sp³-hybridized carbons (Fsp3) is 0.370. The van der Waals surface area contributed by atoms with Crippen molar-refractivity contribution < 1.29 is 9.15 Å². The number of hydrogen-bond acceptors (Lipinski definition) is 3. The summed E-state index contributed by atoms with van der Waals surface area (Å²) in [6, 6.07) is 16.9. The number of fused-ring (bicyclic) bond motifs is 1. The summed E-state index contributed by atoms with van der Waals surface area (Å²) >= 11 is 0. The molecule has 1 aliphatic heterocycles. The summed E-state index contributed by atoms with van der Waals surface area (Å²) in [5.41, 5.74) is 5.46. The monoisotopic (exact) mass is 417 g/mol. The van der Waals surface area contributed by atoms with Crippen LogP contribution in [0.5, 0.6) is 5.75 Å². The Morgan fingerprint density at radius 3 is 2.35 bits per heavy atom. The van der Waals surface area contributed by atoms with E-state index in [9.17, 15) is 0 Å². The molecule has 1 saturated heterocycles. The molecule has 2 aromatic carbocycles. The van der Waals surface area contributed by atoms with Gasteiger partial charge in [-0.3, -0.25) is 0 Å². The lowest BCUT2D eigenvalue weighted by Crippen LogP contribution is -2.34. The Kier molecular flexibility index (Phi) is 6.76. The number of nitrogens with zero attached hydrogens (tertiary/aromatic N) is 2. The third-order valence-corrected chi connectivity index (χ3v) is 6.14. The minimum absolute atomic E-state index is 0.873. The first-order valence-electron chi connectivity index (χ1n) is 11.4. The Balaban J connectivity index is 1.82. The van der Waals surface area contributed by atoms with Gasteiger partial charge < -0.3 is 14.1 Å². The zero-order valence-corrected chi connectivity index (χ0v) is 18.9. The van der Waals surface area contributed by atoms with Crippen molar-refractivity contribution in [1.82, 2.24) is 4.58 Å². The van der Waals surface area contributed by atoms with Gasteiger partial charge in [0.05, 0.1) is 13.2 Å². The van der Waals surface area contributed by atoms with Gasteiger partial charge in [-0.25, -0.2) is 0 Å². The van der Waals surface area contributed by atoms with Crippen LogP contribution >= 0.6 is 0 Å². The summed E-state index contributed by atoms with van der Waals surface area (Å²) in [5.74, 6) is 0.873. The van der Waals surface area contributed by atoms with Crippen LogP contribution in [0.25, 0.3) is 23.1 Å². The van der Waals surface area contributed by atoms with Gasteiger partial charge in [0.15, 0.2) is 0 Å². The molecule has 0 bridgehead atoms. The Morgan fingerprint density at radius 2 is 1.68 bits per heavy atom. The van der Waals surface area contributed by atoms with Gasteiger partial charge in [-0.2, -0.15) is 4.58 Å². The van der Waals surface area contributed by atoms with Gasteiger partial charge >= 0.3 is 5.55 Å². The van der Waals surface area contributed by atoms with Crippen molar-refractivity contribution in [3.63, 3.8) is 0 Å². The molecule has 0 amide bonds. The molecule has 4 nitrogen and oxygen atoms in total. The second kappa shape index (κ2) is 9.86. The molecular formula is C27H33N2O2+. The minimum Gasteiger partial charge on any atom is -0.497 e. The molecule has 1 aromatic heterocycles. The molecule has 0 atom stereocenters. The Morgan fingerprint density at radius 1 is 0.935 bits per heavy atom. The van der Waals surface area contributed by atoms with E-state index in [0.717, 1.165) is 54.0 Å². The fourth-order valence-electron chi connectivity index (χ4n) is 4.28. The van der Waals surface area contributed by atoms with Crippen LogP contribution in [0.1, 0.15) is 44.2 Å². The van der Waals surface area contributed by atoms with E-state index in [4.69, 9.17) is 9.15 Å². The lowest BCUT2D eigenvalue weighted by atomic mass is 10.1. The topological polar surface area (TPSA) is 28.6 Å². The summed E-state index contributed by atoms with van der Waals surface area (Å²) in [5, 5.41) is 1.14. The van der Waals surface area contributed by atoms with Crippen LogP contribution in [0.4, 0.5) is 5.69 Å². The van der Waals surface area contributed by atoms with Crippen LogP contribution in [0.15, 0.2) is 52.9 Å². The number of piperidine rings is 1. The normalized spacial score (nSPS) is 14.4. The number of rotatable bonds is 6. The van der Waals surface area contributed by atoms with E-state index in [1.54, 1.807) is 7.11 Å². The highest BCUT2D eigenvalue weighted by molar-refractivity contribution is 5.91. The summed E-state index contributed by atoms with van der Waals surface area (Å²) in [7, 11) is 1.69. The highest BCUT2D eigenvalue weighted by Gasteiger charge is 2.15. The minimum atomic E-state index is 0.873. The second-order valence-electron chi connectivity index (χ2n) is 8.05. The predicted molar refractivity (Wildman–Crippen MR) is 131 cm³/mol. The lowest BCUT2D eigenvalue weighted by molar-refractivity contribution is 0.387. The number of benzene rings is 2. The highest BCUT2D eigenvalue weighted by Crippen LogP contribution is 2.25. The summed E-state index contributed by atoms with van der Waals surface area (Å²) in [6.45, 7) is 8.48. The smallest absolute Gasteiger partial charge is 0.368 e. The zero-order chi connectivity index (χ0) is 21.6. The maximum atomic E-state index is 6.45. The van der Waals surface area contributed by atoms with Gasteiger partial charge in [0, 0.05) is 43.1 Å². The summed E-state index contributed by atoms with van der Waals surface area (Å²) in [6.07, 6.45) is 8.12. The molecule has 4 heteroatoms. The Labute approximate surface area is 185 Å². The molecule has 0 spiro atoms. The third kappa shape index (κ3) is 4.84. The Bertz CT molecular complexity index is 1110. The molecule has 0 saturated carbocycles. The van der Waals surface area contributed by atoms with Crippen LogP contribution in [-0.2, 0) is 0 Å². The number of ether oxygens (including phenoxy) is 1. The quantitative estimate of drug-likeness (QED) is 0.502. The van der Waals surface area contributed by atoms with E-state index < -0.39 is 0 Å². The zero-order valence-electron chi connectivity index (χ0n) is 18.9. The highest BCUT2D eigenvalue weighted by atomic mass is 16.5. The molecule has 0 unspecified atom stereocenters. The van der Waals surface area contributed by atoms with E-state index >= 15 is 0 Å². The largest absolute Gasteiger partial charge is 0.497 e. The molecule has 1 aliphatic rings. The van der Waals surface area contributed by atoms with Crippen molar-refractivity contribution >= 4 is 28.8 Å². The maximum Gasteiger partial charge on any atom is 0.368 e. The average molecular weight is 418 g/mol. The van der Waals surface area contributed by atoms with E-state index in [-0.39, 0.29) is 0 Å². The predicted octanol–water partition coefficient (Wildman–Crippen LogP) is 5.41. The maximum absolute atomic E-state index is 6.45. The molecule has 1 fully saturated rings. The van der Waals surface area contributed by atoms with Crippen molar-refractivity contribution in [1.29, 1.82) is 0 Å². The molecule has 31 heavy (non-hydrogen) atoms. The standard InChI is InChI=1S/C27H33N2O2/c1-4-28(5-2)23-13-16-25-22(12-9-21-10-14-24(30-3)15-11-21)19-27(31-26(25)20-23)29-17-7-6-8-18-29/h9-16,19-20H,4-8,17-18H2,1-3H3/q+1.